The number of allylic oxidation sites excluding steroid dienone is 2. The van der Waals surface area contributed by atoms with Crippen LogP contribution in [0, 0.1) is 0 Å². The van der Waals surface area contributed by atoms with Crippen LogP contribution >= 0.6 is 0 Å². The fraction of sp³-hybridized carbons (Fsp3) is 0.222. The molecule has 0 fully saturated rings. The van der Waals surface area contributed by atoms with Crippen molar-refractivity contribution >= 4 is 18.1 Å². The van der Waals surface area contributed by atoms with Crippen LogP contribution in [0.3, 0.4) is 0 Å². The number of nitrogens with one attached hydrogen (secondary N) is 2. The molecular weight excluding hydrogens is 212 g/mol. The summed E-state index contributed by atoms with van der Waals surface area (Å²) < 4.78 is 0. The summed E-state index contributed by atoms with van der Waals surface area (Å²) in [6, 6.07) is -3.16. The molecule has 7 heteroatoms. The molecule has 0 aliphatic carbocycles. The van der Waals surface area contributed by atoms with Gasteiger partial charge in [-0.25, -0.2) is 14.4 Å². The molecule has 0 aromatic heterocycles. The zero-order chi connectivity index (χ0) is 13.6. The van der Waals surface area contributed by atoms with Gasteiger partial charge in [0.1, 0.15) is 0 Å². The highest BCUT2D eigenvalue weighted by molar-refractivity contribution is 6.00. The average Bonchev–Trinajstić information content (AvgIpc) is 2.02. The van der Waals surface area contributed by atoms with E-state index in [4.69, 9.17) is 0 Å². The van der Waals surface area contributed by atoms with E-state index in [0.717, 1.165) is 0 Å². The van der Waals surface area contributed by atoms with Crippen LogP contribution in [-0.2, 0) is 0 Å². The number of carbonyl (C=O) groups is 3. The molecule has 7 nitrogen and oxygen atoms in total. The monoisotopic (exact) mass is 230 g/mol. The van der Waals surface area contributed by atoms with Crippen LogP contribution in [0.4, 0.5) is 14.4 Å². The number of rotatable bonds is 0. The van der Waals surface area contributed by atoms with Gasteiger partial charge in [0.2, 0.25) is 0 Å². The second-order valence-corrected chi connectivity index (χ2v) is 2.12. The summed E-state index contributed by atoms with van der Waals surface area (Å²) in [4.78, 5) is 30.0. The molecule has 16 heavy (non-hydrogen) atoms. The number of hydrogen-bond acceptors (Lipinski definition) is 3. The standard InChI is InChI=1S/C3H6N4O3.2C3H6/c4-1(8)6-3(10)7-2(5)9;2*1-3-2/h(H6,4,5,6,7,8,9,10);2*3H,1H2,2H3. The lowest BCUT2D eigenvalue weighted by Gasteiger charge is -1.97. The molecule has 0 aromatic rings. The molecule has 0 aliphatic heterocycles. The van der Waals surface area contributed by atoms with Gasteiger partial charge in [-0.3, -0.25) is 10.6 Å². The largest absolute Gasteiger partial charge is 0.351 e. The molecule has 0 bridgehead atoms. The second kappa shape index (κ2) is 15.2. The van der Waals surface area contributed by atoms with Crippen LogP contribution in [0.1, 0.15) is 13.8 Å². The van der Waals surface area contributed by atoms with Gasteiger partial charge >= 0.3 is 18.1 Å². The summed E-state index contributed by atoms with van der Waals surface area (Å²) in [6.45, 7) is 10.5. The first-order valence-electron chi connectivity index (χ1n) is 4.16. The van der Waals surface area contributed by atoms with Crippen molar-refractivity contribution in [2.24, 2.45) is 11.5 Å². The normalized spacial score (nSPS) is 6.62. The van der Waals surface area contributed by atoms with Gasteiger partial charge in [-0.1, -0.05) is 12.2 Å². The van der Waals surface area contributed by atoms with E-state index in [1.807, 2.05) is 13.8 Å². The van der Waals surface area contributed by atoms with Crippen molar-refractivity contribution in [3.63, 3.8) is 0 Å². The quantitative estimate of drug-likeness (QED) is 0.460. The van der Waals surface area contributed by atoms with Gasteiger partial charge in [0.05, 0.1) is 0 Å². The predicted molar refractivity (Wildman–Crippen MR) is 62.6 cm³/mol. The molecule has 0 unspecified atom stereocenters. The number of carbonyl (C=O) groups excluding carboxylic acids is 3. The summed E-state index contributed by atoms with van der Waals surface area (Å²) in [6.07, 6.45) is 3.50. The third-order valence-corrected chi connectivity index (χ3v) is 0.473. The second-order valence-electron chi connectivity index (χ2n) is 2.12. The van der Waals surface area contributed by atoms with Gasteiger partial charge in [0, 0.05) is 0 Å². The first kappa shape index (κ1) is 19.3. The third kappa shape index (κ3) is 41.3. The molecule has 6 N–H and O–H groups in total. The average molecular weight is 230 g/mol. The minimum atomic E-state index is -1.06. The number of primary amides is 2. The molecule has 0 heterocycles. The minimum Gasteiger partial charge on any atom is -0.351 e. The lowest BCUT2D eigenvalue weighted by Crippen LogP contribution is -2.46. The Bertz CT molecular complexity index is 227. The van der Waals surface area contributed by atoms with Gasteiger partial charge in [-0.05, 0) is 13.8 Å². The van der Waals surface area contributed by atoms with E-state index in [0.29, 0.717) is 0 Å². The van der Waals surface area contributed by atoms with Gasteiger partial charge in [-0.15, -0.1) is 13.2 Å². The summed E-state index contributed by atoms with van der Waals surface area (Å²) in [5.41, 5.74) is 9.01. The van der Waals surface area contributed by atoms with E-state index in [-0.39, 0.29) is 0 Å². The summed E-state index contributed by atoms with van der Waals surface area (Å²) >= 11 is 0. The van der Waals surface area contributed by atoms with Gasteiger partial charge in [0.15, 0.2) is 0 Å². The van der Waals surface area contributed by atoms with Crippen LogP contribution in [0.15, 0.2) is 25.3 Å². The molecule has 0 aromatic carbocycles. The van der Waals surface area contributed by atoms with Gasteiger partial charge in [-0.2, -0.15) is 0 Å². The molecule has 0 aliphatic rings. The van der Waals surface area contributed by atoms with Crippen molar-refractivity contribution in [3.8, 4) is 0 Å². The number of amides is 6. The maximum Gasteiger partial charge on any atom is 0.330 e. The lowest BCUT2D eigenvalue weighted by atomic mass is 10.8. The van der Waals surface area contributed by atoms with Crippen molar-refractivity contribution in [1.29, 1.82) is 0 Å². The maximum absolute atomic E-state index is 10.2. The van der Waals surface area contributed by atoms with Gasteiger partial charge < -0.3 is 11.5 Å². The summed E-state index contributed by atoms with van der Waals surface area (Å²) in [5.74, 6) is 0. The Hall–Kier alpha value is -2.31. The lowest BCUT2D eigenvalue weighted by molar-refractivity contribution is 0.227. The number of hydrogen-bond donors (Lipinski definition) is 4. The molecule has 0 spiro atoms. The van der Waals surface area contributed by atoms with E-state index in [1.54, 1.807) is 22.8 Å². The fourth-order valence-corrected chi connectivity index (χ4v) is 0.255. The first-order chi connectivity index (χ1) is 7.35. The molecule has 92 valence electrons. The Balaban J connectivity index is -0.000000235. The highest BCUT2D eigenvalue weighted by atomic mass is 16.2. The van der Waals surface area contributed by atoms with E-state index in [2.05, 4.69) is 24.6 Å². The van der Waals surface area contributed by atoms with Crippen molar-refractivity contribution < 1.29 is 14.4 Å². The van der Waals surface area contributed by atoms with Crippen LogP contribution < -0.4 is 22.1 Å². The van der Waals surface area contributed by atoms with Crippen LogP contribution in [0.2, 0.25) is 0 Å². The van der Waals surface area contributed by atoms with Crippen LogP contribution in [0.5, 0.6) is 0 Å². The molecule has 0 saturated carbocycles. The molecular formula is C9H18N4O3. The van der Waals surface area contributed by atoms with Crippen molar-refractivity contribution in [2.45, 2.75) is 13.8 Å². The molecule has 0 saturated heterocycles. The zero-order valence-corrected chi connectivity index (χ0v) is 9.45. The van der Waals surface area contributed by atoms with Crippen molar-refractivity contribution in [2.75, 3.05) is 0 Å². The smallest absolute Gasteiger partial charge is 0.330 e. The van der Waals surface area contributed by atoms with E-state index >= 15 is 0 Å². The maximum atomic E-state index is 10.2. The number of nitrogens with two attached hydrogens (primary N) is 2. The Kier molecular flexibility index (Phi) is 18.3. The first-order valence-corrected chi connectivity index (χ1v) is 4.16. The Morgan fingerprint density at radius 1 is 0.938 bits per heavy atom. The van der Waals surface area contributed by atoms with Crippen LogP contribution in [-0.4, -0.2) is 18.1 Å². The number of urea groups is 3. The van der Waals surface area contributed by atoms with E-state index in [9.17, 15) is 14.4 Å². The highest BCUT2D eigenvalue weighted by Crippen LogP contribution is 1.62. The summed E-state index contributed by atoms with van der Waals surface area (Å²) in [7, 11) is 0. The fourth-order valence-electron chi connectivity index (χ4n) is 0.255. The minimum absolute atomic E-state index is 1.04. The highest BCUT2D eigenvalue weighted by Gasteiger charge is 2.03. The van der Waals surface area contributed by atoms with E-state index < -0.39 is 18.1 Å². The van der Waals surface area contributed by atoms with Crippen molar-refractivity contribution in [3.05, 3.63) is 25.3 Å². The molecule has 0 atom stereocenters. The molecule has 0 rings (SSSR count). The van der Waals surface area contributed by atoms with Gasteiger partial charge in [0.25, 0.3) is 0 Å². The Morgan fingerprint density at radius 3 is 1.25 bits per heavy atom. The predicted octanol–water partition coefficient (Wildman–Crippen LogP) is 0.828. The van der Waals surface area contributed by atoms with E-state index in [1.165, 1.54) is 0 Å². The zero-order valence-electron chi connectivity index (χ0n) is 9.45. The SMILES string of the molecule is C=CC.C=CC.NC(=O)NC(=O)NC(N)=O. The van der Waals surface area contributed by atoms with Crippen LogP contribution in [0.25, 0.3) is 0 Å². The number of imide groups is 2. The summed E-state index contributed by atoms with van der Waals surface area (Å²) in [5, 5.41) is 3.12. The molecule has 6 amide bonds. The Labute approximate surface area is 94.6 Å². The van der Waals surface area contributed by atoms with Crippen molar-refractivity contribution in [1.82, 2.24) is 10.6 Å². The Morgan fingerprint density at radius 2 is 1.12 bits per heavy atom. The topological polar surface area (TPSA) is 127 Å². The third-order valence-electron chi connectivity index (χ3n) is 0.473. The molecule has 0 radical (unpaired) electrons.